The Kier molecular flexibility index (Phi) is 2.58. The second kappa shape index (κ2) is 4.44. The summed E-state index contributed by atoms with van der Waals surface area (Å²) in [6.07, 6.45) is -0.0153. The maximum absolute atomic E-state index is 5.16. The van der Waals surface area contributed by atoms with E-state index in [0.717, 1.165) is 0 Å². The van der Waals surface area contributed by atoms with E-state index in [0.29, 0.717) is 5.11 Å². The van der Waals surface area contributed by atoms with Gasteiger partial charge in [-0.2, -0.15) is 0 Å². The molecule has 0 bridgehead atoms. The summed E-state index contributed by atoms with van der Waals surface area (Å²) in [6.45, 7) is 0. The van der Waals surface area contributed by atoms with Crippen molar-refractivity contribution in [3.05, 3.63) is 60.2 Å². The largest absolute Gasteiger partial charge is 0.341 e. The Morgan fingerprint density at radius 3 is 2.00 bits per heavy atom. The first-order valence-corrected chi connectivity index (χ1v) is 6.96. The van der Waals surface area contributed by atoms with Gasteiger partial charge in [0.05, 0.1) is 0 Å². The molecule has 3 aromatic rings. The van der Waals surface area contributed by atoms with Gasteiger partial charge in [-0.1, -0.05) is 48.5 Å². The number of thiocarbonyl (C=S) groups is 1. The number of nitrogens with one attached hydrogen (secondary N) is 3. The molecule has 0 spiro atoms. The van der Waals surface area contributed by atoms with Crippen LogP contribution in [0.1, 0.15) is 11.7 Å². The van der Waals surface area contributed by atoms with Gasteiger partial charge in [-0.25, -0.2) is 5.43 Å². The highest BCUT2D eigenvalue weighted by atomic mass is 32.1. The molecule has 1 heterocycles. The van der Waals surface area contributed by atoms with Crippen LogP contribution in [-0.4, -0.2) is 5.11 Å². The number of hydrazine groups is 1. The summed E-state index contributed by atoms with van der Waals surface area (Å²) in [5.41, 5.74) is 7.40. The Hall–Kier alpha value is -2.17. The molecule has 1 aliphatic rings. The highest BCUT2D eigenvalue weighted by molar-refractivity contribution is 7.80. The summed E-state index contributed by atoms with van der Waals surface area (Å²) in [6, 6.07) is 19.1. The average Bonchev–Trinajstić information content (AvgIpc) is 2.91. The van der Waals surface area contributed by atoms with Crippen molar-refractivity contribution in [2.24, 2.45) is 0 Å². The molecule has 0 aromatic heterocycles. The third-order valence-corrected chi connectivity index (χ3v) is 3.93. The average molecular weight is 279 g/mol. The first kappa shape index (κ1) is 11.6. The van der Waals surface area contributed by atoms with Crippen LogP contribution in [0.3, 0.4) is 0 Å². The molecular weight excluding hydrogens is 266 g/mol. The van der Waals surface area contributed by atoms with Crippen molar-refractivity contribution in [2.45, 2.75) is 6.17 Å². The SMILES string of the molecule is S=C1NNC(c2c3ccccc3cc3ccccc23)N1. The summed E-state index contributed by atoms with van der Waals surface area (Å²) in [4.78, 5) is 0. The smallest absolute Gasteiger partial charge is 0.182 e. The topological polar surface area (TPSA) is 36.1 Å². The molecule has 1 atom stereocenters. The zero-order valence-corrected chi connectivity index (χ0v) is 11.5. The number of hydrogen-bond donors (Lipinski definition) is 3. The standard InChI is InChI=1S/C16H13N3S/c20-16-17-15(18-19-16)14-12-7-3-1-5-10(12)9-11-6-2-4-8-13(11)14/h1-9,15,18H,(H2,17,19,20). The Bertz CT molecular complexity index is 774. The minimum Gasteiger partial charge on any atom is -0.341 e. The highest BCUT2D eigenvalue weighted by Gasteiger charge is 2.22. The molecule has 3 aromatic carbocycles. The normalized spacial score (nSPS) is 18.2. The monoisotopic (exact) mass is 279 g/mol. The zero-order valence-electron chi connectivity index (χ0n) is 10.7. The van der Waals surface area contributed by atoms with E-state index in [1.807, 2.05) is 0 Å². The molecule has 98 valence electrons. The van der Waals surface area contributed by atoms with Crippen LogP contribution in [0.5, 0.6) is 0 Å². The van der Waals surface area contributed by atoms with Crippen LogP contribution in [0.4, 0.5) is 0 Å². The van der Waals surface area contributed by atoms with Crippen molar-refractivity contribution < 1.29 is 0 Å². The number of benzene rings is 3. The van der Waals surface area contributed by atoms with E-state index >= 15 is 0 Å². The van der Waals surface area contributed by atoms with Gasteiger partial charge in [0.2, 0.25) is 0 Å². The van der Waals surface area contributed by atoms with E-state index in [4.69, 9.17) is 12.2 Å². The predicted octanol–water partition coefficient (Wildman–Crippen LogP) is 2.97. The molecule has 4 heteroatoms. The molecule has 0 aliphatic carbocycles. The highest BCUT2D eigenvalue weighted by Crippen LogP contribution is 2.32. The number of fused-ring (bicyclic) bond motifs is 2. The zero-order chi connectivity index (χ0) is 13.5. The summed E-state index contributed by atoms with van der Waals surface area (Å²) in [7, 11) is 0. The quantitative estimate of drug-likeness (QED) is 0.473. The first-order chi connectivity index (χ1) is 9.83. The molecule has 3 nitrogen and oxygen atoms in total. The van der Waals surface area contributed by atoms with Crippen LogP contribution in [0, 0.1) is 0 Å². The van der Waals surface area contributed by atoms with Crippen molar-refractivity contribution in [3.63, 3.8) is 0 Å². The van der Waals surface area contributed by atoms with E-state index in [1.54, 1.807) is 0 Å². The number of rotatable bonds is 1. The Labute approximate surface area is 121 Å². The summed E-state index contributed by atoms with van der Waals surface area (Å²) in [5, 5.41) is 8.85. The molecule has 1 unspecified atom stereocenters. The molecule has 3 N–H and O–H groups in total. The predicted molar refractivity (Wildman–Crippen MR) is 86.2 cm³/mol. The van der Waals surface area contributed by atoms with Gasteiger partial charge >= 0.3 is 0 Å². The molecule has 20 heavy (non-hydrogen) atoms. The third kappa shape index (κ3) is 1.73. The summed E-state index contributed by atoms with van der Waals surface area (Å²) < 4.78 is 0. The minimum absolute atomic E-state index is 0.0153. The van der Waals surface area contributed by atoms with Crippen LogP contribution in [0.15, 0.2) is 54.6 Å². The van der Waals surface area contributed by atoms with Crippen LogP contribution in [0.25, 0.3) is 21.5 Å². The summed E-state index contributed by atoms with van der Waals surface area (Å²) >= 11 is 5.16. The van der Waals surface area contributed by atoms with E-state index in [1.165, 1.54) is 27.1 Å². The van der Waals surface area contributed by atoms with Crippen molar-refractivity contribution in [1.29, 1.82) is 0 Å². The maximum Gasteiger partial charge on any atom is 0.182 e. The Balaban J connectivity index is 2.09. The fourth-order valence-corrected chi connectivity index (χ4v) is 3.02. The van der Waals surface area contributed by atoms with Crippen LogP contribution >= 0.6 is 12.2 Å². The van der Waals surface area contributed by atoms with E-state index < -0.39 is 0 Å². The summed E-state index contributed by atoms with van der Waals surface area (Å²) in [5.74, 6) is 0. The lowest BCUT2D eigenvalue weighted by atomic mass is 9.95. The van der Waals surface area contributed by atoms with Gasteiger partial charge in [0.25, 0.3) is 0 Å². The maximum atomic E-state index is 5.16. The van der Waals surface area contributed by atoms with Crippen molar-refractivity contribution in [3.8, 4) is 0 Å². The lowest BCUT2D eigenvalue weighted by Gasteiger charge is -2.16. The lowest BCUT2D eigenvalue weighted by molar-refractivity contribution is 0.562. The molecule has 1 fully saturated rings. The van der Waals surface area contributed by atoms with Crippen molar-refractivity contribution in [2.75, 3.05) is 0 Å². The Morgan fingerprint density at radius 1 is 0.850 bits per heavy atom. The van der Waals surface area contributed by atoms with Gasteiger partial charge in [0, 0.05) is 5.56 Å². The molecule has 0 amide bonds. The Morgan fingerprint density at radius 2 is 1.45 bits per heavy atom. The van der Waals surface area contributed by atoms with Gasteiger partial charge in [0.1, 0.15) is 6.17 Å². The first-order valence-electron chi connectivity index (χ1n) is 6.55. The van der Waals surface area contributed by atoms with Gasteiger partial charge < -0.3 is 5.32 Å². The minimum atomic E-state index is -0.0153. The molecule has 0 saturated carbocycles. The van der Waals surface area contributed by atoms with E-state index in [-0.39, 0.29) is 6.17 Å². The molecule has 1 aliphatic heterocycles. The van der Waals surface area contributed by atoms with Crippen molar-refractivity contribution in [1.82, 2.24) is 16.2 Å². The molecule has 0 radical (unpaired) electrons. The fourth-order valence-electron chi connectivity index (χ4n) is 2.85. The van der Waals surface area contributed by atoms with Gasteiger partial charge in [-0.3, -0.25) is 5.43 Å². The van der Waals surface area contributed by atoms with Crippen LogP contribution in [0.2, 0.25) is 0 Å². The fraction of sp³-hybridized carbons (Fsp3) is 0.0625. The molecular formula is C16H13N3S. The van der Waals surface area contributed by atoms with Gasteiger partial charge in [0.15, 0.2) is 5.11 Å². The van der Waals surface area contributed by atoms with E-state index in [2.05, 4.69) is 70.8 Å². The van der Waals surface area contributed by atoms with Crippen molar-refractivity contribution >= 4 is 38.9 Å². The second-order valence-corrected chi connectivity index (χ2v) is 5.32. The second-order valence-electron chi connectivity index (χ2n) is 4.91. The molecule has 1 saturated heterocycles. The third-order valence-electron chi connectivity index (χ3n) is 3.71. The van der Waals surface area contributed by atoms with Gasteiger partial charge in [-0.15, -0.1) is 0 Å². The van der Waals surface area contributed by atoms with Gasteiger partial charge in [-0.05, 0) is 39.8 Å². The van der Waals surface area contributed by atoms with Crippen LogP contribution in [-0.2, 0) is 0 Å². The van der Waals surface area contributed by atoms with Crippen LogP contribution < -0.4 is 16.2 Å². The number of hydrogen-bond acceptors (Lipinski definition) is 2. The lowest BCUT2D eigenvalue weighted by Crippen LogP contribution is -2.26. The van der Waals surface area contributed by atoms with E-state index in [9.17, 15) is 0 Å². The molecule has 4 rings (SSSR count).